The highest BCUT2D eigenvalue weighted by Gasteiger charge is 1.94. The summed E-state index contributed by atoms with van der Waals surface area (Å²) >= 11 is 0. The molecule has 7 heteroatoms. The third-order valence-electron chi connectivity index (χ3n) is 1.09. The second kappa shape index (κ2) is 12.2. The van der Waals surface area contributed by atoms with Gasteiger partial charge in [-0.1, -0.05) is 6.42 Å². The van der Waals surface area contributed by atoms with Crippen LogP contribution in [-0.2, 0) is 14.0 Å². The van der Waals surface area contributed by atoms with Crippen molar-refractivity contribution >= 4 is 36.6 Å². The number of aliphatic carboxylic acids is 1. The van der Waals surface area contributed by atoms with Gasteiger partial charge >= 0.3 is 5.97 Å². The summed E-state index contributed by atoms with van der Waals surface area (Å²) in [4.78, 5) is 9.93. The van der Waals surface area contributed by atoms with Crippen LogP contribution < -0.4 is 5.73 Å². The SMILES string of the molecule is NCCCCCC(=O)O.O=S(Cl)Cl. The van der Waals surface area contributed by atoms with Crippen LogP contribution in [-0.4, -0.2) is 21.8 Å². The van der Waals surface area contributed by atoms with Gasteiger partial charge in [0.1, 0.15) is 0 Å². The van der Waals surface area contributed by atoms with E-state index < -0.39 is 15.2 Å². The number of hydrogen-bond acceptors (Lipinski definition) is 3. The van der Waals surface area contributed by atoms with E-state index in [9.17, 15) is 4.79 Å². The third kappa shape index (κ3) is 33.1. The summed E-state index contributed by atoms with van der Waals surface area (Å²) in [6, 6.07) is 0. The fraction of sp³-hybridized carbons (Fsp3) is 0.833. The molecule has 0 aliphatic carbocycles. The van der Waals surface area contributed by atoms with Gasteiger partial charge in [0, 0.05) is 27.8 Å². The Bertz CT molecular complexity index is 153. The summed E-state index contributed by atoms with van der Waals surface area (Å²) in [5, 5.41) is 8.18. The zero-order valence-corrected chi connectivity index (χ0v) is 9.37. The minimum Gasteiger partial charge on any atom is -0.481 e. The summed E-state index contributed by atoms with van der Waals surface area (Å²) in [5.74, 6) is -0.716. The number of nitrogens with two attached hydrogens (primary N) is 1. The molecule has 0 aromatic rings. The molecule has 0 rings (SSSR count). The number of carboxylic acid groups (broad SMARTS) is 1. The second-order valence-electron chi connectivity index (χ2n) is 2.18. The molecule has 0 fully saturated rings. The molecule has 0 aliphatic heterocycles. The van der Waals surface area contributed by atoms with Crippen LogP contribution in [0, 0.1) is 0 Å². The van der Waals surface area contributed by atoms with Crippen molar-refractivity contribution in [2.75, 3.05) is 6.54 Å². The van der Waals surface area contributed by atoms with Crippen LogP contribution in [0.1, 0.15) is 25.7 Å². The van der Waals surface area contributed by atoms with Crippen LogP contribution >= 0.6 is 21.4 Å². The zero-order chi connectivity index (χ0) is 10.7. The van der Waals surface area contributed by atoms with Crippen LogP contribution in [0.15, 0.2) is 0 Å². The highest BCUT2D eigenvalue weighted by molar-refractivity contribution is 8.26. The van der Waals surface area contributed by atoms with Gasteiger partial charge in [-0.3, -0.25) is 4.79 Å². The first-order valence-electron chi connectivity index (χ1n) is 3.66. The number of hydrogen-bond donors (Lipinski definition) is 2. The number of carboxylic acids is 1. The molecule has 0 aromatic carbocycles. The van der Waals surface area contributed by atoms with Gasteiger partial charge < -0.3 is 10.8 Å². The molecule has 0 amide bonds. The van der Waals surface area contributed by atoms with E-state index in [1.165, 1.54) is 0 Å². The molecule has 0 heterocycles. The molecule has 0 saturated carbocycles. The number of unbranched alkanes of at least 4 members (excludes halogenated alkanes) is 2. The van der Waals surface area contributed by atoms with Gasteiger partial charge in [0.2, 0.25) is 9.23 Å². The van der Waals surface area contributed by atoms with Crippen molar-refractivity contribution in [1.29, 1.82) is 0 Å². The maximum atomic E-state index is 9.93. The zero-order valence-electron chi connectivity index (χ0n) is 7.04. The maximum absolute atomic E-state index is 9.93. The Hall–Kier alpha value is 0.160. The minimum atomic E-state index is -1.67. The van der Waals surface area contributed by atoms with E-state index in [1.807, 2.05) is 0 Å². The van der Waals surface area contributed by atoms with Crippen molar-refractivity contribution < 1.29 is 14.1 Å². The van der Waals surface area contributed by atoms with Crippen molar-refractivity contribution in [3.8, 4) is 0 Å². The molecule has 0 saturated heterocycles. The molecule has 0 spiro atoms. The van der Waals surface area contributed by atoms with E-state index in [-0.39, 0.29) is 6.42 Å². The first-order chi connectivity index (χ1) is 6.00. The smallest absolute Gasteiger partial charge is 0.303 e. The fourth-order valence-corrected chi connectivity index (χ4v) is 0.597. The molecule has 4 nitrogen and oxygen atoms in total. The average molecular weight is 250 g/mol. The Labute approximate surface area is 88.9 Å². The van der Waals surface area contributed by atoms with E-state index in [1.54, 1.807) is 0 Å². The highest BCUT2D eigenvalue weighted by Crippen LogP contribution is 1.97. The summed E-state index contributed by atoms with van der Waals surface area (Å²) < 4.78 is 9.09. The Morgan fingerprint density at radius 2 is 1.77 bits per heavy atom. The van der Waals surface area contributed by atoms with Gasteiger partial charge in [-0.05, 0) is 19.4 Å². The molecule has 0 atom stereocenters. The van der Waals surface area contributed by atoms with E-state index in [4.69, 9.17) is 15.0 Å². The van der Waals surface area contributed by atoms with Crippen molar-refractivity contribution in [3.05, 3.63) is 0 Å². The maximum Gasteiger partial charge on any atom is 0.303 e. The third-order valence-corrected chi connectivity index (χ3v) is 1.09. The van der Waals surface area contributed by atoms with E-state index in [0.29, 0.717) is 6.54 Å². The minimum absolute atomic E-state index is 0.278. The Morgan fingerprint density at radius 1 is 1.31 bits per heavy atom. The van der Waals surface area contributed by atoms with Crippen molar-refractivity contribution in [3.63, 3.8) is 0 Å². The lowest BCUT2D eigenvalue weighted by Gasteiger charge is -1.93. The molecule has 0 unspecified atom stereocenters. The molecule has 0 aliphatic rings. The van der Waals surface area contributed by atoms with Gasteiger partial charge in [0.15, 0.2) is 0 Å². The quantitative estimate of drug-likeness (QED) is 0.574. The van der Waals surface area contributed by atoms with Crippen LogP contribution in [0.5, 0.6) is 0 Å². The molecule has 3 N–H and O–H groups in total. The van der Waals surface area contributed by atoms with E-state index in [2.05, 4.69) is 21.4 Å². The topological polar surface area (TPSA) is 80.4 Å². The van der Waals surface area contributed by atoms with Gasteiger partial charge in [-0.2, -0.15) is 0 Å². The standard InChI is InChI=1S/C6H13NO2.Cl2OS/c7-5-3-1-2-4-6(8)9;1-4(2)3/h1-5,7H2,(H,8,9);. The van der Waals surface area contributed by atoms with Gasteiger partial charge in [-0.15, -0.1) is 0 Å². The normalized spacial score (nSPS) is 9.23. The Kier molecular flexibility index (Phi) is 14.6. The highest BCUT2D eigenvalue weighted by atomic mass is 36.0. The fourth-order valence-electron chi connectivity index (χ4n) is 0.597. The lowest BCUT2D eigenvalue weighted by atomic mass is 10.2. The van der Waals surface area contributed by atoms with Crippen molar-refractivity contribution in [2.24, 2.45) is 5.73 Å². The summed E-state index contributed by atoms with van der Waals surface area (Å²) in [7, 11) is 7.36. The molecule has 0 bridgehead atoms. The van der Waals surface area contributed by atoms with Crippen LogP contribution in [0.4, 0.5) is 0 Å². The Balaban J connectivity index is 0. The predicted octanol–water partition coefficient (Wildman–Crippen LogP) is 1.63. The number of halogens is 2. The van der Waals surface area contributed by atoms with E-state index >= 15 is 0 Å². The molecular weight excluding hydrogens is 237 g/mol. The molecule has 80 valence electrons. The Morgan fingerprint density at radius 3 is 2.08 bits per heavy atom. The lowest BCUT2D eigenvalue weighted by molar-refractivity contribution is -0.137. The van der Waals surface area contributed by atoms with Crippen LogP contribution in [0.25, 0.3) is 0 Å². The second-order valence-corrected chi connectivity index (χ2v) is 4.70. The monoisotopic (exact) mass is 249 g/mol. The first kappa shape index (κ1) is 15.6. The van der Waals surface area contributed by atoms with E-state index in [0.717, 1.165) is 19.3 Å². The first-order valence-corrected chi connectivity index (χ1v) is 6.47. The molecule has 13 heavy (non-hydrogen) atoms. The molecule has 0 radical (unpaired) electrons. The van der Waals surface area contributed by atoms with Crippen LogP contribution in [0.2, 0.25) is 0 Å². The summed E-state index contributed by atoms with van der Waals surface area (Å²) in [6.07, 6.45) is 2.91. The largest absolute Gasteiger partial charge is 0.481 e. The van der Waals surface area contributed by atoms with Gasteiger partial charge in [-0.25, -0.2) is 4.21 Å². The summed E-state index contributed by atoms with van der Waals surface area (Å²) in [5.41, 5.74) is 5.20. The predicted molar refractivity (Wildman–Crippen MR) is 55.0 cm³/mol. The van der Waals surface area contributed by atoms with Crippen molar-refractivity contribution in [2.45, 2.75) is 25.7 Å². The van der Waals surface area contributed by atoms with Gasteiger partial charge in [0.25, 0.3) is 0 Å². The molecule has 0 aromatic heterocycles. The average Bonchev–Trinajstić information content (AvgIpc) is 1.97. The summed E-state index contributed by atoms with van der Waals surface area (Å²) in [6.45, 7) is 0.666. The number of rotatable bonds is 5. The van der Waals surface area contributed by atoms with Gasteiger partial charge in [0.05, 0.1) is 0 Å². The number of carbonyl (C=O) groups is 1. The van der Waals surface area contributed by atoms with Crippen LogP contribution in [0.3, 0.4) is 0 Å². The van der Waals surface area contributed by atoms with Crippen molar-refractivity contribution in [1.82, 2.24) is 0 Å². The lowest BCUT2D eigenvalue weighted by Crippen LogP contribution is -1.99. The molecular formula is C6H13Cl2NO3S.